The number of anilines is 2. The maximum absolute atomic E-state index is 12.6. The van der Waals surface area contributed by atoms with E-state index in [0.29, 0.717) is 142 Å². The molecule has 0 saturated carbocycles. The summed E-state index contributed by atoms with van der Waals surface area (Å²) in [5, 5.41) is 44.0. The zero-order chi connectivity index (χ0) is 56.8. The van der Waals surface area contributed by atoms with Crippen molar-refractivity contribution in [3.8, 4) is 0 Å². The molecule has 18 nitrogen and oxygen atoms in total. The molecule has 0 aliphatic carbocycles. The first kappa shape index (κ1) is 69.0. The standard InChI is InChI=1S/2C23H35Cl2N3O4S2.C4H4O4/c2*1-3-28(4-2)34(30,31)22-9-8-18(33-22)10-13-32-12-7-5-6-11-27-16-21(29)17-14-19(24)23(26)20(25)15-17;5-3(6)1-2-4(7)8/h2*8-9,14-15,21,27,29H,3-7,10-13,16,26H2,1-2H3;1-2H,(H,5,6)(H,7,8)/b;;2-1+. The van der Waals surface area contributed by atoms with E-state index in [-0.39, 0.29) is 0 Å². The van der Waals surface area contributed by atoms with Crippen LogP contribution in [0, 0.1) is 0 Å². The highest BCUT2D eigenvalue weighted by molar-refractivity contribution is 7.91. The molecule has 0 aliphatic heterocycles. The zero-order valence-corrected chi connectivity index (χ0v) is 49.6. The minimum atomic E-state index is -3.39. The molecule has 428 valence electrons. The number of aliphatic hydroxyl groups is 2. The Labute approximate surface area is 476 Å². The Morgan fingerprint density at radius 2 is 0.908 bits per heavy atom. The van der Waals surface area contributed by atoms with Crippen molar-refractivity contribution < 1.29 is 56.3 Å². The Kier molecular flexibility index (Phi) is 33.5. The quantitative estimate of drug-likeness (QED) is 0.0123. The molecular weight excluding hydrogens is 1150 g/mol. The monoisotopic (exact) mass is 1220 g/mol. The van der Waals surface area contributed by atoms with Gasteiger partial charge in [-0.05, 0) is 111 Å². The summed E-state index contributed by atoms with van der Waals surface area (Å²) in [6, 6.07) is 13.7. The van der Waals surface area contributed by atoms with Crippen molar-refractivity contribution in [2.45, 2.75) is 99.7 Å². The number of hydrogen-bond donors (Lipinski definition) is 8. The van der Waals surface area contributed by atoms with Crippen LogP contribution in [0.5, 0.6) is 0 Å². The summed E-state index contributed by atoms with van der Waals surface area (Å²) >= 11 is 26.7. The predicted molar refractivity (Wildman–Crippen MR) is 307 cm³/mol. The Bertz CT molecular complexity index is 2400. The fourth-order valence-corrected chi connectivity index (χ4v) is 13.8. The predicted octanol–water partition coefficient (Wildman–Crippen LogP) is 9.15. The first-order valence-electron chi connectivity index (χ1n) is 24.8. The minimum absolute atomic E-state index is 0.317. The van der Waals surface area contributed by atoms with Gasteiger partial charge in [0.05, 0.1) is 56.9 Å². The Morgan fingerprint density at radius 1 is 0.579 bits per heavy atom. The van der Waals surface area contributed by atoms with E-state index in [1.54, 1.807) is 36.4 Å². The van der Waals surface area contributed by atoms with Gasteiger partial charge >= 0.3 is 11.9 Å². The number of aliphatic carboxylic acids is 2. The number of sulfonamides is 2. The van der Waals surface area contributed by atoms with Crippen molar-refractivity contribution in [3.63, 3.8) is 0 Å². The summed E-state index contributed by atoms with van der Waals surface area (Å²) < 4.78 is 65.3. The lowest BCUT2D eigenvalue weighted by atomic mass is 10.1. The summed E-state index contributed by atoms with van der Waals surface area (Å²) in [7, 11) is -6.77. The number of nitrogen functional groups attached to an aromatic ring is 2. The number of rotatable bonds is 34. The normalized spacial score (nSPS) is 12.6. The van der Waals surface area contributed by atoms with Crippen LogP contribution in [0.15, 0.2) is 69.1 Å². The van der Waals surface area contributed by atoms with Gasteiger partial charge in [0.1, 0.15) is 8.42 Å². The number of unbranched alkanes of at least 4 members (excludes halogenated alkanes) is 4. The molecule has 0 amide bonds. The molecule has 0 radical (unpaired) electrons. The first-order chi connectivity index (χ1) is 36.0. The smallest absolute Gasteiger partial charge is 0.328 e. The molecule has 0 bridgehead atoms. The number of benzene rings is 2. The van der Waals surface area contributed by atoms with E-state index in [1.807, 2.05) is 39.8 Å². The molecule has 2 unspecified atom stereocenters. The number of aliphatic hydroxyl groups excluding tert-OH is 2. The molecule has 26 heteroatoms. The fraction of sp³-hybridized carbons (Fsp3) is 0.520. The van der Waals surface area contributed by atoms with Gasteiger partial charge in [-0.25, -0.2) is 26.4 Å². The lowest BCUT2D eigenvalue weighted by Gasteiger charge is -2.16. The second-order valence-corrected chi connectivity index (χ2v) is 25.0. The average molecular weight is 1220 g/mol. The largest absolute Gasteiger partial charge is 0.478 e. The Morgan fingerprint density at radius 3 is 1.21 bits per heavy atom. The van der Waals surface area contributed by atoms with Gasteiger partial charge in [-0.3, -0.25) is 0 Å². The number of ether oxygens (including phenoxy) is 2. The third kappa shape index (κ3) is 24.9. The average Bonchev–Trinajstić information content (AvgIpc) is 4.07. The van der Waals surface area contributed by atoms with E-state index < -0.39 is 44.2 Å². The Hall–Kier alpha value is -3.14. The first-order valence-corrected chi connectivity index (χ1v) is 30.8. The van der Waals surface area contributed by atoms with Crippen LogP contribution in [0.3, 0.4) is 0 Å². The maximum Gasteiger partial charge on any atom is 0.328 e. The lowest BCUT2D eigenvalue weighted by Crippen LogP contribution is -2.29. The summed E-state index contributed by atoms with van der Waals surface area (Å²) in [4.78, 5) is 21.1. The number of nitrogens with zero attached hydrogens (tertiary/aromatic N) is 2. The van der Waals surface area contributed by atoms with E-state index >= 15 is 0 Å². The molecule has 2 atom stereocenters. The number of nitrogens with one attached hydrogen (secondary N) is 2. The number of halogens is 4. The fourth-order valence-electron chi connectivity index (χ4n) is 6.90. The molecule has 2 aromatic heterocycles. The van der Waals surface area contributed by atoms with E-state index in [2.05, 4.69) is 10.6 Å². The summed E-state index contributed by atoms with van der Waals surface area (Å²) in [5.74, 6) is -2.51. The highest BCUT2D eigenvalue weighted by Crippen LogP contribution is 2.33. The molecule has 4 aromatic rings. The third-order valence-electron chi connectivity index (χ3n) is 11.2. The summed E-state index contributed by atoms with van der Waals surface area (Å²) in [6.07, 6.45) is 6.95. The topological polar surface area (TPSA) is 284 Å². The lowest BCUT2D eigenvalue weighted by molar-refractivity contribution is -0.134. The van der Waals surface area contributed by atoms with E-state index in [0.717, 1.165) is 61.4 Å². The van der Waals surface area contributed by atoms with Crippen molar-refractivity contribution in [2.75, 3.05) is 90.3 Å². The van der Waals surface area contributed by atoms with Gasteiger partial charge in [0.15, 0.2) is 0 Å². The maximum atomic E-state index is 12.6. The molecule has 0 saturated heterocycles. The van der Waals surface area contributed by atoms with Gasteiger partial charge in [0.25, 0.3) is 20.0 Å². The number of carbonyl (C=O) groups is 2. The van der Waals surface area contributed by atoms with Crippen LogP contribution in [-0.4, -0.2) is 137 Å². The van der Waals surface area contributed by atoms with Crippen LogP contribution in [0.1, 0.15) is 99.3 Å². The highest BCUT2D eigenvalue weighted by atomic mass is 35.5. The van der Waals surface area contributed by atoms with Gasteiger partial charge in [0.2, 0.25) is 0 Å². The molecule has 0 spiro atoms. The second kappa shape index (κ2) is 36.9. The number of hydrogen-bond acceptors (Lipinski definition) is 16. The molecule has 0 aliphatic rings. The van der Waals surface area contributed by atoms with Gasteiger partial charge < -0.3 is 52.0 Å². The van der Waals surface area contributed by atoms with Crippen LogP contribution in [-0.2, 0) is 52.0 Å². The van der Waals surface area contributed by atoms with Crippen LogP contribution in [0.2, 0.25) is 20.1 Å². The summed E-state index contributed by atoms with van der Waals surface area (Å²) in [5.41, 5.74) is 13.3. The number of thiophene rings is 2. The Balaban J connectivity index is 0.000000454. The zero-order valence-electron chi connectivity index (χ0n) is 43.3. The van der Waals surface area contributed by atoms with Crippen molar-refractivity contribution in [1.29, 1.82) is 0 Å². The van der Waals surface area contributed by atoms with Gasteiger partial charge in [-0.2, -0.15) is 8.61 Å². The van der Waals surface area contributed by atoms with Crippen molar-refractivity contribution in [3.05, 3.63) is 102 Å². The summed E-state index contributed by atoms with van der Waals surface area (Å²) in [6.45, 7) is 14.1. The molecule has 2 heterocycles. The minimum Gasteiger partial charge on any atom is -0.478 e. The number of carboxylic acid groups (broad SMARTS) is 2. The van der Waals surface area contributed by atoms with Crippen LogP contribution < -0.4 is 22.1 Å². The van der Waals surface area contributed by atoms with Crippen LogP contribution in [0.4, 0.5) is 11.4 Å². The molecule has 2 aromatic carbocycles. The van der Waals surface area contributed by atoms with Crippen LogP contribution in [0.25, 0.3) is 0 Å². The van der Waals surface area contributed by atoms with E-state index in [4.69, 9.17) is 77.6 Å². The number of nitrogens with two attached hydrogens (primary N) is 2. The molecule has 0 fully saturated rings. The highest BCUT2D eigenvalue weighted by Gasteiger charge is 2.25. The van der Waals surface area contributed by atoms with E-state index in [9.17, 15) is 36.6 Å². The third-order valence-corrected chi connectivity index (χ3v) is 19.7. The second-order valence-electron chi connectivity index (χ2n) is 16.7. The van der Waals surface area contributed by atoms with E-state index in [1.165, 1.54) is 31.3 Å². The van der Waals surface area contributed by atoms with Crippen molar-refractivity contribution in [2.24, 2.45) is 0 Å². The SMILES string of the molecule is CCN(CC)S(=O)(=O)c1ccc(CCOCCCCCNCC(O)c2cc(Cl)c(N)c(Cl)c2)s1.CCN(CC)S(=O)(=O)c1ccc(CCOCCCCCNCC(O)c2cc(Cl)c(N)c(Cl)c2)s1.O=C(O)/C=C/C(=O)O. The number of carboxylic acids is 2. The van der Waals surface area contributed by atoms with Gasteiger partial charge in [0, 0.05) is 87.2 Å². The molecular formula is C50H74Cl4N6O12S4. The molecule has 10 N–H and O–H groups in total. The van der Waals surface area contributed by atoms with Gasteiger partial charge in [-0.15, -0.1) is 22.7 Å². The van der Waals surface area contributed by atoms with Crippen LogP contribution >= 0.6 is 69.1 Å². The van der Waals surface area contributed by atoms with Crippen molar-refractivity contribution >= 4 is 112 Å². The molecule has 4 rings (SSSR count). The van der Waals surface area contributed by atoms with Gasteiger partial charge in [-0.1, -0.05) is 74.1 Å². The van der Waals surface area contributed by atoms with Crippen molar-refractivity contribution in [1.82, 2.24) is 19.2 Å². The molecule has 76 heavy (non-hydrogen) atoms.